The van der Waals surface area contributed by atoms with Crippen molar-refractivity contribution in [3.05, 3.63) is 41.9 Å². The fourth-order valence-electron chi connectivity index (χ4n) is 1.61. The molecular weight excluding hydrogens is 244 g/mol. The molecule has 0 aliphatic heterocycles. The molecular formula is C13H16N4O2. The lowest BCUT2D eigenvalue weighted by molar-refractivity contribution is 0.0821. The molecule has 0 unspecified atom stereocenters. The Morgan fingerprint density at radius 1 is 1.42 bits per heavy atom. The van der Waals surface area contributed by atoms with Gasteiger partial charge in [0.05, 0.1) is 6.10 Å². The minimum absolute atomic E-state index is 0.162. The van der Waals surface area contributed by atoms with Crippen LogP contribution < -0.4 is 0 Å². The van der Waals surface area contributed by atoms with Crippen LogP contribution >= 0.6 is 0 Å². The second-order valence-electron chi connectivity index (χ2n) is 4.47. The molecule has 1 amide bonds. The number of nitrogens with zero attached hydrogens (tertiary/aromatic N) is 4. The van der Waals surface area contributed by atoms with E-state index in [1.807, 2.05) is 0 Å². The van der Waals surface area contributed by atoms with Crippen molar-refractivity contribution in [2.24, 2.45) is 0 Å². The van der Waals surface area contributed by atoms with Gasteiger partial charge in [-0.05, 0) is 30.7 Å². The second-order valence-corrected chi connectivity index (χ2v) is 4.47. The van der Waals surface area contributed by atoms with E-state index in [-0.39, 0.29) is 5.91 Å². The van der Waals surface area contributed by atoms with E-state index >= 15 is 0 Å². The number of pyridine rings is 1. The molecule has 19 heavy (non-hydrogen) atoms. The quantitative estimate of drug-likeness (QED) is 0.894. The zero-order chi connectivity index (χ0) is 14.0. The molecule has 6 heteroatoms. The average molecular weight is 260 g/mol. The standard InChI is InChI=1S/C13H16N4O2/c1-9(18)10-4-6-14-12(8-10)17-7-5-11(15-17)13(19)16(2)3/h4-9,18H,1-3H3/t9-/m0/s1. The topological polar surface area (TPSA) is 71.2 Å². The number of rotatable bonds is 3. The average Bonchev–Trinajstić information content (AvgIpc) is 2.87. The number of aliphatic hydroxyl groups is 1. The van der Waals surface area contributed by atoms with E-state index in [4.69, 9.17) is 0 Å². The maximum absolute atomic E-state index is 11.8. The zero-order valence-electron chi connectivity index (χ0n) is 11.1. The predicted octanol–water partition coefficient (Wildman–Crippen LogP) is 1.02. The molecule has 0 bridgehead atoms. The lowest BCUT2D eigenvalue weighted by Gasteiger charge is -2.08. The Balaban J connectivity index is 2.33. The number of carbonyl (C=O) groups is 1. The van der Waals surface area contributed by atoms with Gasteiger partial charge in [0.1, 0.15) is 0 Å². The van der Waals surface area contributed by atoms with Crippen molar-refractivity contribution in [1.82, 2.24) is 19.7 Å². The van der Waals surface area contributed by atoms with Gasteiger partial charge in [0.2, 0.25) is 0 Å². The highest BCUT2D eigenvalue weighted by Crippen LogP contribution is 2.14. The minimum atomic E-state index is -0.569. The molecule has 2 aromatic heterocycles. The van der Waals surface area contributed by atoms with Crippen molar-refractivity contribution in [2.75, 3.05) is 14.1 Å². The summed E-state index contributed by atoms with van der Waals surface area (Å²) in [6, 6.07) is 5.12. The van der Waals surface area contributed by atoms with Crippen molar-refractivity contribution in [3.8, 4) is 5.82 Å². The maximum atomic E-state index is 11.8. The van der Waals surface area contributed by atoms with E-state index in [1.54, 1.807) is 51.6 Å². The molecule has 0 aromatic carbocycles. The lowest BCUT2D eigenvalue weighted by Crippen LogP contribution is -2.22. The number of aliphatic hydroxyl groups excluding tert-OH is 1. The van der Waals surface area contributed by atoms with E-state index < -0.39 is 6.10 Å². The highest BCUT2D eigenvalue weighted by molar-refractivity contribution is 5.91. The monoisotopic (exact) mass is 260 g/mol. The molecule has 6 nitrogen and oxygen atoms in total. The fraction of sp³-hybridized carbons (Fsp3) is 0.308. The Bertz CT molecular complexity index is 590. The summed E-state index contributed by atoms with van der Waals surface area (Å²) in [6.07, 6.45) is 2.71. The van der Waals surface area contributed by atoms with Crippen molar-refractivity contribution in [2.45, 2.75) is 13.0 Å². The maximum Gasteiger partial charge on any atom is 0.273 e. The second kappa shape index (κ2) is 5.19. The largest absolute Gasteiger partial charge is 0.389 e. The van der Waals surface area contributed by atoms with Crippen molar-refractivity contribution in [1.29, 1.82) is 0 Å². The molecule has 1 N–H and O–H groups in total. The number of hydrogen-bond acceptors (Lipinski definition) is 4. The molecule has 2 heterocycles. The summed E-state index contributed by atoms with van der Waals surface area (Å²) >= 11 is 0. The van der Waals surface area contributed by atoms with Gasteiger partial charge in [0, 0.05) is 26.5 Å². The van der Waals surface area contributed by atoms with Crippen LogP contribution in [0, 0.1) is 0 Å². The van der Waals surface area contributed by atoms with Gasteiger partial charge in [-0.3, -0.25) is 4.79 Å². The van der Waals surface area contributed by atoms with E-state index in [1.165, 1.54) is 9.58 Å². The van der Waals surface area contributed by atoms with Gasteiger partial charge in [0.15, 0.2) is 11.5 Å². The lowest BCUT2D eigenvalue weighted by atomic mass is 10.2. The molecule has 0 saturated heterocycles. The molecule has 1 atom stereocenters. The van der Waals surface area contributed by atoms with Crippen LogP contribution in [0.2, 0.25) is 0 Å². The van der Waals surface area contributed by atoms with Crippen molar-refractivity contribution < 1.29 is 9.90 Å². The smallest absolute Gasteiger partial charge is 0.273 e. The molecule has 2 aromatic rings. The molecule has 0 spiro atoms. The first-order valence-corrected chi connectivity index (χ1v) is 5.90. The van der Waals surface area contributed by atoms with Gasteiger partial charge >= 0.3 is 0 Å². The Morgan fingerprint density at radius 3 is 2.79 bits per heavy atom. The number of hydrogen-bond donors (Lipinski definition) is 1. The summed E-state index contributed by atoms with van der Waals surface area (Å²) in [4.78, 5) is 17.4. The summed E-state index contributed by atoms with van der Waals surface area (Å²) in [5.41, 5.74) is 1.11. The third kappa shape index (κ3) is 2.79. The van der Waals surface area contributed by atoms with Crippen LogP contribution in [0.15, 0.2) is 30.6 Å². The molecule has 0 radical (unpaired) electrons. The highest BCUT2D eigenvalue weighted by atomic mass is 16.3. The first-order chi connectivity index (χ1) is 8.99. The summed E-state index contributed by atoms with van der Waals surface area (Å²) in [5.74, 6) is 0.404. The van der Waals surface area contributed by atoms with Gasteiger partial charge in [-0.2, -0.15) is 5.10 Å². The molecule has 0 aliphatic rings. The van der Waals surface area contributed by atoms with Crippen LogP contribution in [0.1, 0.15) is 29.1 Å². The summed E-state index contributed by atoms with van der Waals surface area (Å²) in [6.45, 7) is 1.68. The first-order valence-electron chi connectivity index (χ1n) is 5.90. The Morgan fingerprint density at radius 2 is 2.16 bits per heavy atom. The van der Waals surface area contributed by atoms with Crippen LogP contribution in [-0.2, 0) is 0 Å². The minimum Gasteiger partial charge on any atom is -0.389 e. The Labute approximate surface area is 111 Å². The number of carbonyl (C=O) groups excluding carboxylic acids is 1. The SMILES string of the molecule is C[C@H](O)c1ccnc(-n2ccc(C(=O)N(C)C)n2)c1. The van der Waals surface area contributed by atoms with Crippen LogP contribution in [0.3, 0.4) is 0 Å². The predicted molar refractivity (Wildman–Crippen MR) is 70.0 cm³/mol. The molecule has 100 valence electrons. The molecule has 0 aliphatic carbocycles. The first kappa shape index (κ1) is 13.2. The number of amides is 1. The number of aromatic nitrogens is 3. The van der Waals surface area contributed by atoms with E-state index in [9.17, 15) is 9.90 Å². The van der Waals surface area contributed by atoms with E-state index in [2.05, 4.69) is 10.1 Å². The molecule has 2 rings (SSSR count). The highest BCUT2D eigenvalue weighted by Gasteiger charge is 2.12. The molecule has 0 fully saturated rings. The Kier molecular flexibility index (Phi) is 3.62. The van der Waals surface area contributed by atoms with Crippen LogP contribution in [-0.4, -0.2) is 44.8 Å². The third-order valence-corrected chi connectivity index (χ3v) is 2.70. The Hall–Kier alpha value is -2.21. The van der Waals surface area contributed by atoms with E-state index in [0.29, 0.717) is 11.5 Å². The van der Waals surface area contributed by atoms with E-state index in [0.717, 1.165) is 5.56 Å². The van der Waals surface area contributed by atoms with Gasteiger partial charge in [0.25, 0.3) is 5.91 Å². The van der Waals surface area contributed by atoms with Gasteiger partial charge in [-0.1, -0.05) is 0 Å². The zero-order valence-corrected chi connectivity index (χ0v) is 11.1. The van der Waals surface area contributed by atoms with Crippen molar-refractivity contribution >= 4 is 5.91 Å². The van der Waals surface area contributed by atoms with Crippen LogP contribution in [0.5, 0.6) is 0 Å². The van der Waals surface area contributed by atoms with Crippen LogP contribution in [0.4, 0.5) is 0 Å². The third-order valence-electron chi connectivity index (χ3n) is 2.70. The summed E-state index contributed by atoms with van der Waals surface area (Å²) in [5, 5.41) is 13.7. The normalized spacial score (nSPS) is 12.2. The van der Waals surface area contributed by atoms with Gasteiger partial charge in [-0.15, -0.1) is 0 Å². The van der Waals surface area contributed by atoms with Crippen LogP contribution in [0.25, 0.3) is 5.82 Å². The van der Waals surface area contributed by atoms with Crippen molar-refractivity contribution in [3.63, 3.8) is 0 Å². The van der Waals surface area contributed by atoms with Gasteiger partial charge < -0.3 is 10.0 Å². The van der Waals surface area contributed by atoms with Gasteiger partial charge in [-0.25, -0.2) is 9.67 Å². The summed E-state index contributed by atoms with van der Waals surface area (Å²) < 4.78 is 1.52. The summed E-state index contributed by atoms with van der Waals surface area (Å²) in [7, 11) is 3.35. The fourth-order valence-corrected chi connectivity index (χ4v) is 1.61. The molecule has 0 saturated carbocycles.